The van der Waals surface area contributed by atoms with Crippen LogP contribution < -0.4 is 10.9 Å². The van der Waals surface area contributed by atoms with Crippen molar-refractivity contribution in [2.24, 2.45) is 0 Å². The van der Waals surface area contributed by atoms with Gasteiger partial charge in [0.2, 0.25) is 0 Å². The monoisotopic (exact) mass is 316 g/mol. The van der Waals surface area contributed by atoms with E-state index in [4.69, 9.17) is 4.42 Å². The third-order valence-electron chi connectivity index (χ3n) is 3.46. The lowest BCUT2D eigenvalue weighted by molar-refractivity contribution is -0.117. The van der Waals surface area contributed by atoms with Crippen LogP contribution in [0.5, 0.6) is 0 Å². The van der Waals surface area contributed by atoms with E-state index < -0.39 is 5.91 Å². The Morgan fingerprint density at radius 2 is 2.09 bits per heavy atom. The van der Waals surface area contributed by atoms with E-state index in [2.05, 4.69) is 10.9 Å². The first kappa shape index (κ1) is 14.6. The molecule has 2 heterocycles. The fraction of sp³-hybridized carbons (Fsp3) is 0.250. The van der Waals surface area contributed by atoms with Crippen molar-refractivity contribution in [1.82, 2.24) is 10.9 Å². The van der Waals surface area contributed by atoms with Gasteiger partial charge in [-0.25, -0.2) is 0 Å². The van der Waals surface area contributed by atoms with Crippen molar-refractivity contribution in [1.29, 1.82) is 0 Å². The molecule has 0 saturated heterocycles. The molecule has 2 aromatic rings. The first-order valence-electron chi connectivity index (χ1n) is 7.16. The van der Waals surface area contributed by atoms with Gasteiger partial charge >= 0.3 is 0 Å². The number of fused-ring (bicyclic) bond motifs is 1. The van der Waals surface area contributed by atoms with Gasteiger partial charge in [0, 0.05) is 11.0 Å². The Morgan fingerprint density at radius 1 is 1.23 bits per heavy atom. The number of hydrazine groups is 1. The van der Waals surface area contributed by atoms with Gasteiger partial charge in [0.25, 0.3) is 11.8 Å². The predicted octanol–water partition coefficient (Wildman–Crippen LogP) is 2.69. The summed E-state index contributed by atoms with van der Waals surface area (Å²) in [5, 5.41) is 0. The largest absolute Gasteiger partial charge is 0.465 e. The number of hydrogen-bond acceptors (Lipinski definition) is 4. The zero-order valence-electron chi connectivity index (χ0n) is 11.9. The van der Waals surface area contributed by atoms with E-state index in [9.17, 15) is 9.59 Å². The third-order valence-corrected chi connectivity index (χ3v) is 4.70. The third kappa shape index (κ3) is 3.46. The average Bonchev–Trinajstić information content (AvgIpc) is 3.19. The molecule has 0 atom stereocenters. The Morgan fingerprint density at radius 3 is 2.86 bits per heavy atom. The molecule has 1 aliphatic carbocycles. The number of amides is 2. The van der Waals surface area contributed by atoms with Gasteiger partial charge in [-0.1, -0.05) is 0 Å². The quantitative estimate of drug-likeness (QED) is 0.675. The van der Waals surface area contributed by atoms with Crippen LogP contribution in [0.4, 0.5) is 0 Å². The predicted molar refractivity (Wildman–Crippen MR) is 84.3 cm³/mol. The van der Waals surface area contributed by atoms with Crippen molar-refractivity contribution in [3.8, 4) is 0 Å². The number of furan rings is 1. The SMILES string of the molecule is O=C(C=Cc1ccco1)NNC(=O)c1cc2c(s1)CCCC2. The molecule has 6 heteroatoms. The number of carbonyl (C=O) groups excluding carboxylic acids is 2. The number of hydrogen-bond donors (Lipinski definition) is 2. The van der Waals surface area contributed by atoms with Gasteiger partial charge in [-0.2, -0.15) is 0 Å². The van der Waals surface area contributed by atoms with E-state index in [1.165, 1.54) is 53.0 Å². The van der Waals surface area contributed by atoms with Crippen molar-refractivity contribution in [2.75, 3.05) is 0 Å². The summed E-state index contributed by atoms with van der Waals surface area (Å²) in [4.78, 5) is 25.6. The minimum absolute atomic E-state index is 0.279. The molecule has 2 amide bonds. The lowest BCUT2D eigenvalue weighted by atomic mass is 9.99. The summed E-state index contributed by atoms with van der Waals surface area (Å²) in [6.45, 7) is 0. The average molecular weight is 316 g/mol. The zero-order chi connectivity index (χ0) is 15.4. The van der Waals surface area contributed by atoms with Crippen LogP contribution in [0, 0.1) is 0 Å². The van der Waals surface area contributed by atoms with Crippen LogP contribution in [0.15, 0.2) is 35.0 Å². The Bertz CT molecular complexity index is 678. The lowest BCUT2D eigenvalue weighted by Gasteiger charge is -2.08. The van der Waals surface area contributed by atoms with E-state index in [0.29, 0.717) is 10.6 Å². The minimum atomic E-state index is -0.411. The molecule has 22 heavy (non-hydrogen) atoms. The van der Waals surface area contributed by atoms with Crippen molar-refractivity contribution in [3.63, 3.8) is 0 Å². The topological polar surface area (TPSA) is 71.3 Å². The molecular formula is C16H16N2O3S. The van der Waals surface area contributed by atoms with E-state index in [1.54, 1.807) is 12.1 Å². The van der Waals surface area contributed by atoms with Crippen LogP contribution in [0.25, 0.3) is 6.08 Å². The molecular weight excluding hydrogens is 300 g/mol. The molecule has 0 radical (unpaired) electrons. The Kier molecular flexibility index (Phi) is 4.39. The van der Waals surface area contributed by atoms with Crippen LogP contribution in [-0.2, 0) is 17.6 Å². The summed E-state index contributed by atoms with van der Waals surface area (Å²) in [6.07, 6.45) is 8.81. The van der Waals surface area contributed by atoms with E-state index in [1.807, 2.05) is 6.07 Å². The van der Waals surface area contributed by atoms with Crippen molar-refractivity contribution in [3.05, 3.63) is 51.6 Å². The van der Waals surface area contributed by atoms with E-state index in [0.717, 1.165) is 12.8 Å². The molecule has 0 saturated carbocycles. The fourth-order valence-corrected chi connectivity index (χ4v) is 3.52. The van der Waals surface area contributed by atoms with Crippen LogP contribution in [-0.4, -0.2) is 11.8 Å². The van der Waals surface area contributed by atoms with Crippen molar-refractivity contribution in [2.45, 2.75) is 25.7 Å². The molecule has 5 nitrogen and oxygen atoms in total. The second-order valence-electron chi connectivity index (χ2n) is 5.06. The van der Waals surface area contributed by atoms with E-state index >= 15 is 0 Å². The molecule has 1 aliphatic rings. The molecule has 0 aromatic carbocycles. The molecule has 0 fully saturated rings. The first-order chi connectivity index (χ1) is 10.7. The maximum Gasteiger partial charge on any atom is 0.279 e. The molecule has 3 rings (SSSR count). The summed E-state index contributed by atoms with van der Waals surface area (Å²) in [5.74, 6) is -0.113. The number of nitrogens with one attached hydrogen (secondary N) is 2. The number of rotatable bonds is 3. The first-order valence-corrected chi connectivity index (χ1v) is 7.97. The smallest absolute Gasteiger partial charge is 0.279 e. The highest BCUT2D eigenvalue weighted by molar-refractivity contribution is 7.14. The number of thiophene rings is 1. The molecule has 2 N–H and O–H groups in total. The normalized spacial score (nSPS) is 13.8. The van der Waals surface area contributed by atoms with Crippen molar-refractivity contribution >= 4 is 29.2 Å². The molecule has 0 unspecified atom stereocenters. The van der Waals surface area contributed by atoms with Crippen LogP contribution in [0.2, 0.25) is 0 Å². The molecule has 0 spiro atoms. The molecule has 0 aliphatic heterocycles. The maximum absolute atomic E-state index is 12.0. The summed E-state index contributed by atoms with van der Waals surface area (Å²) in [6, 6.07) is 5.40. The van der Waals surface area contributed by atoms with Crippen LogP contribution in [0.3, 0.4) is 0 Å². The maximum atomic E-state index is 12.0. The van der Waals surface area contributed by atoms with Gasteiger partial charge in [0.05, 0.1) is 11.1 Å². The zero-order valence-corrected chi connectivity index (χ0v) is 12.7. The fourth-order valence-electron chi connectivity index (χ4n) is 2.37. The minimum Gasteiger partial charge on any atom is -0.465 e. The van der Waals surface area contributed by atoms with E-state index in [-0.39, 0.29) is 5.91 Å². The summed E-state index contributed by atoms with van der Waals surface area (Å²) >= 11 is 1.51. The summed E-state index contributed by atoms with van der Waals surface area (Å²) in [5.41, 5.74) is 6.06. The lowest BCUT2D eigenvalue weighted by Crippen LogP contribution is -2.40. The van der Waals surface area contributed by atoms with Gasteiger partial charge in [-0.15, -0.1) is 11.3 Å². The van der Waals surface area contributed by atoms with Gasteiger partial charge in [-0.3, -0.25) is 20.4 Å². The van der Waals surface area contributed by atoms with Gasteiger partial charge in [-0.05, 0) is 55.5 Å². The second kappa shape index (κ2) is 6.62. The highest BCUT2D eigenvalue weighted by atomic mass is 32.1. The van der Waals surface area contributed by atoms with Crippen LogP contribution >= 0.6 is 11.3 Å². The number of aryl methyl sites for hydroxylation is 2. The second-order valence-corrected chi connectivity index (χ2v) is 6.20. The van der Waals surface area contributed by atoms with Gasteiger partial charge in [0.1, 0.15) is 5.76 Å². The highest BCUT2D eigenvalue weighted by Gasteiger charge is 2.17. The molecule has 0 bridgehead atoms. The Hall–Kier alpha value is -2.34. The van der Waals surface area contributed by atoms with Gasteiger partial charge < -0.3 is 4.42 Å². The number of carbonyl (C=O) groups is 2. The summed E-state index contributed by atoms with van der Waals surface area (Å²) in [7, 11) is 0. The Balaban J connectivity index is 1.53. The highest BCUT2D eigenvalue weighted by Crippen LogP contribution is 2.29. The van der Waals surface area contributed by atoms with Crippen LogP contribution in [0.1, 0.15) is 38.7 Å². The van der Waals surface area contributed by atoms with Crippen molar-refractivity contribution < 1.29 is 14.0 Å². The van der Waals surface area contributed by atoms with Gasteiger partial charge in [0.15, 0.2) is 0 Å². The Labute approximate surface area is 132 Å². The molecule has 114 valence electrons. The standard InChI is InChI=1S/C16H16N2O3S/c19-15(8-7-12-5-3-9-21-12)17-18-16(20)14-10-11-4-1-2-6-13(11)22-14/h3,5,7-10H,1-2,4,6H2,(H,17,19)(H,18,20). The molecule has 2 aromatic heterocycles. The summed E-state index contributed by atoms with van der Waals surface area (Å²) < 4.78 is 5.07.